The maximum absolute atomic E-state index is 13.6. The number of nitrogens with zero attached hydrogens (tertiary/aromatic N) is 3. The SMILES string of the molecule is CC(C)CCC1(c2ccccc2)N=C(N)N(CCCCNC(=O)C(Cc2ccncc2)NC(=O)O)C1=O. The van der Waals surface area contributed by atoms with E-state index in [9.17, 15) is 14.4 Å². The van der Waals surface area contributed by atoms with E-state index in [-0.39, 0.29) is 18.3 Å². The highest BCUT2D eigenvalue weighted by Crippen LogP contribution is 2.38. The summed E-state index contributed by atoms with van der Waals surface area (Å²) >= 11 is 0. The van der Waals surface area contributed by atoms with Crippen LogP contribution in [0.2, 0.25) is 0 Å². The predicted octanol–water partition coefficient (Wildman–Crippen LogP) is 2.65. The summed E-state index contributed by atoms with van der Waals surface area (Å²) in [6, 6.07) is 12.1. The van der Waals surface area contributed by atoms with E-state index in [1.807, 2.05) is 30.3 Å². The Labute approximate surface area is 217 Å². The van der Waals surface area contributed by atoms with E-state index >= 15 is 0 Å². The number of unbranched alkanes of at least 4 members (excludes halogenated alkanes) is 1. The van der Waals surface area contributed by atoms with Gasteiger partial charge >= 0.3 is 6.09 Å². The van der Waals surface area contributed by atoms with Crippen molar-refractivity contribution in [2.45, 2.75) is 57.5 Å². The van der Waals surface area contributed by atoms with Crippen LogP contribution in [0, 0.1) is 5.92 Å². The Balaban J connectivity index is 1.54. The standard InChI is InChI=1S/C27H36N6O4/c1-19(2)10-13-27(21-8-4-3-5-9-21)24(35)33(25(28)32-27)17-7-6-14-30-23(34)22(31-26(36)37)18-20-11-15-29-16-12-20/h3-5,8-9,11-12,15-16,19,22,31H,6-7,10,13-14,17-18H2,1-2H3,(H2,28,32)(H,30,34)(H,36,37). The Kier molecular flexibility index (Phi) is 9.59. The van der Waals surface area contributed by atoms with E-state index in [1.54, 1.807) is 24.5 Å². The summed E-state index contributed by atoms with van der Waals surface area (Å²) in [5, 5.41) is 14.2. The smallest absolute Gasteiger partial charge is 0.405 e. The third kappa shape index (κ3) is 7.28. The first-order chi connectivity index (χ1) is 17.7. The molecular weight excluding hydrogens is 472 g/mol. The lowest BCUT2D eigenvalue weighted by molar-refractivity contribution is -0.132. The van der Waals surface area contributed by atoms with Gasteiger partial charge in [0.1, 0.15) is 6.04 Å². The molecule has 0 bridgehead atoms. The number of hydrogen-bond donors (Lipinski definition) is 4. The molecule has 5 N–H and O–H groups in total. The van der Waals surface area contributed by atoms with Crippen molar-refractivity contribution >= 4 is 23.9 Å². The van der Waals surface area contributed by atoms with Crippen LogP contribution >= 0.6 is 0 Å². The van der Waals surface area contributed by atoms with Gasteiger partial charge in [0, 0.05) is 31.9 Å². The summed E-state index contributed by atoms with van der Waals surface area (Å²) in [6.07, 6.45) is 4.73. The van der Waals surface area contributed by atoms with Gasteiger partial charge in [-0.25, -0.2) is 9.79 Å². The number of rotatable bonds is 13. The Hall–Kier alpha value is -3.95. The van der Waals surface area contributed by atoms with Gasteiger partial charge in [0.15, 0.2) is 11.5 Å². The van der Waals surface area contributed by atoms with Gasteiger partial charge in [0.05, 0.1) is 0 Å². The van der Waals surface area contributed by atoms with Crippen molar-refractivity contribution in [3.8, 4) is 0 Å². The minimum atomic E-state index is -1.27. The van der Waals surface area contributed by atoms with Gasteiger partial charge in [-0.05, 0) is 54.9 Å². The Morgan fingerprint density at radius 3 is 2.46 bits per heavy atom. The molecule has 1 aromatic carbocycles. The first-order valence-corrected chi connectivity index (χ1v) is 12.6. The number of pyridine rings is 1. The second-order valence-corrected chi connectivity index (χ2v) is 9.65. The monoisotopic (exact) mass is 508 g/mol. The fourth-order valence-corrected chi connectivity index (χ4v) is 4.40. The van der Waals surface area contributed by atoms with E-state index in [4.69, 9.17) is 10.8 Å². The molecule has 0 saturated carbocycles. The van der Waals surface area contributed by atoms with Crippen LogP contribution in [0.25, 0.3) is 0 Å². The van der Waals surface area contributed by atoms with Gasteiger partial charge in [0.2, 0.25) is 5.91 Å². The molecule has 1 aromatic heterocycles. The van der Waals surface area contributed by atoms with Gasteiger partial charge in [0.25, 0.3) is 5.91 Å². The topological polar surface area (TPSA) is 150 Å². The molecule has 0 radical (unpaired) electrons. The van der Waals surface area contributed by atoms with Crippen LogP contribution in [0.3, 0.4) is 0 Å². The maximum Gasteiger partial charge on any atom is 0.405 e. The molecule has 1 aliphatic heterocycles. The second kappa shape index (κ2) is 12.8. The molecule has 0 fully saturated rings. The number of carbonyl (C=O) groups is 3. The highest BCUT2D eigenvalue weighted by molar-refractivity contribution is 6.07. The number of hydrogen-bond acceptors (Lipinski definition) is 6. The molecule has 10 nitrogen and oxygen atoms in total. The Morgan fingerprint density at radius 1 is 1.11 bits per heavy atom. The molecule has 3 rings (SSSR count). The highest BCUT2D eigenvalue weighted by atomic mass is 16.4. The van der Waals surface area contributed by atoms with Crippen LogP contribution in [0.1, 0.15) is 50.7 Å². The molecule has 2 heterocycles. The van der Waals surface area contributed by atoms with E-state index < -0.39 is 23.6 Å². The number of nitrogens with one attached hydrogen (secondary N) is 2. The fourth-order valence-electron chi connectivity index (χ4n) is 4.40. The van der Waals surface area contributed by atoms with Crippen LogP contribution < -0.4 is 16.4 Å². The van der Waals surface area contributed by atoms with E-state index in [2.05, 4.69) is 34.5 Å². The van der Waals surface area contributed by atoms with E-state index in [0.717, 1.165) is 17.5 Å². The predicted molar refractivity (Wildman–Crippen MR) is 141 cm³/mol. The van der Waals surface area contributed by atoms with Crippen molar-refractivity contribution in [1.29, 1.82) is 0 Å². The molecule has 0 spiro atoms. The molecule has 1 aliphatic rings. The highest BCUT2D eigenvalue weighted by Gasteiger charge is 2.48. The molecule has 37 heavy (non-hydrogen) atoms. The van der Waals surface area contributed by atoms with Gasteiger partial charge < -0.3 is 21.5 Å². The van der Waals surface area contributed by atoms with Crippen molar-refractivity contribution in [1.82, 2.24) is 20.5 Å². The summed E-state index contributed by atoms with van der Waals surface area (Å²) < 4.78 is 0. The second-order valence-electron chi connectivity index (χ2n) is 9.65. The average Bonchev–Trinajstić information content (AvgIpc) is 3.12. The van der Waals surface area contributed by atoms with Crippen LogP contribution in [-0.2, 0) is 21.5 Å². The van der Waals surface area contributed by atoms with Crippen molar-refractivity contribution < 1.29 is 19.5 Å². The van der Waals surface area contributed by atoms with Gasteiger partial charge in [-0.1, -0.05) is 44.2 Å². The van der Waals surface area contributed by atoms with Crippen molar-refractivity contribution in [3.63, 3.8) is 0 Å². The van der Waals surface area contributed by atoms with Crippen molar-refractivity contribution in [3.05, 3.63) is 66.0 Å². The number of aliphatic imine (C=N–C) groups is 1. The zero-order valence-corrected chi connectivity index (χ0v) is 21.4. The molecule has 198 valence electrons. The third-order valence-corrected chi connectivity index (χ3v) is 6.43. The van der Waals surface area contributed by atoms with Crippen LogP contribution in [0.15, 0.2) is 59.9 Å². The Bertz CT molecular complexity index is 1090. The molecular formula is C27H36N6O4. The van der Waals surface area contributed by atoms with Gasteiger partial charge in [-0.3, -0.25) is 19.5 Å². The molecule has 2 atom stereocenters. The van der Waals surface area contributed by atoms with E-state index in [1.165, 1.54) is 4.90 Å². The molecule has 2 aromatic rings. The first-order valence-electron chi connectivity index (χ1n) is 12.6. The van der Waals surface area contributed by atoms with Crippen LogP contribution in [0.4, 0.5) is 4.79 Å². The van der Waals surface area contributed by atoms with E-state index in [0.29, 0.717) is 38.3 Å². The number of amides is 3. The first kappa shape index (κ1) is 27.6. The quantitative estimate of drug-likeness (QED) is 0.306. The maximum atomic E-state index is 13.6. The molecule has 0 saturated heterocycles. The summed E-state index contributed by atoms with van der Waals surface area (Å²) in [5.41, 5.74) is 6.86. The summed E-state index contributed by atoms with van der Waals surface area (Å²) in [7, 11) is 0. The third-order valence-electron chi connectivity index (χ3n) is 6.43. The number of guanidine groups is 1. The van der Waals surface area contributed by atoms with Crippen molar-refractivity contribution in [2.75, 3.05) is 13.1 Å². The van der Waals surface area contributed by atoms with Gasteiger partial charge in [-0.2, -0.15) is 0 Å². The lowest BCUT2D eigenvalue weighted by Crippen LogP contribution is -2.48. The zero-order valence-electron chi connectivity index (χ0n) is 21.4. The number of nitrogens with two attached hydrogens (primary N) is 1. The number of benzene rings is 1. The molecule has 10 heteroatoms. The summed E-state index contributed by atoms with van der Waals surface area (Å²) in [6.45, 7) is 4.95. The largest absolute Gasteiger partial charge is 0.465 e. The van der Waals surface area contributed by atoms with Crippen LogP contribution in [0.5, 0.6) is 0 Å². The minimum Gasteiger partial charge on any atom is -0.465 e. The van der Waals surface area contributed by atoms with Gasteiger partial charge in [-0.15, -0.1) is 0 Å². The van der Waals surface area contributed by atoms with Crippen molar-refractivity contribution in [2.24, 2.45) is 16.6 Å². The minimum absolute atomic E-state index is 0.121. The van der Waals surface area contributed by atoms with Crippen LogP contribution in [-0.4, -0.2) is 58.0 Å². The number of carbonyl (C=O) groups excluding carboxylic acids is 2. The zero-order chi connectivity index (χ0) is 26.8. The number of carboxylic acid groups (broad SMARTS) is 1. The molecule has 2 unspecified atom stereocenters. The Morgan fingerprint density at radius 2 is 1.81 bits per heavy atom. The summed E-state index contributed by atoms with van der Waals surface area (Å²) in [5.74, 6) is 0.100. The lowest BCUT2D eigenvalue weighted by Gasteiger charge is -2.27. The molecule has 0 aliphatic carbocycles. The lowest BCUT2D eigenvalue weighted by atomic mass is 9.83. The normalized spacial score (nSPS) is 18.0. The summed E-state index contributed by atoms with van der Waals surface area (Å²) in [4.78, 5) is 47.5. The fraction of sp³-hybridized carbons (Fsp3) is 0.444. The average molecular weight is 509 g/mol. The number of aromatic nitrogens is 1. The molecule has 3 amide bonds.